The number of hydrogen-bond acceptors (Lipinski definition) is 9. The van der Waals surface area contributed by atoms with Crippen molar-refractivity contribution in [2.45, 2.75) is 108 Å². The van der Waals surface area contributed by atoms with Crippen LogP contribution in [0.4, 0.5) is 10.5 Å². The molecule has 4 saturated heterocycles. The first kappa shape index (κ1) is 41.0. The molecule has 0 aromatic heterocycles. The van der Waals surface area contributed by atoms with Crippen molar-refractivity contribution in [2.75, 3.05) is 32.1 Å². The summed E-state index contributed by atoms with van der Waals surface area (Å²) in [7, 11) is 1.50. The summed E-state index contributed by atoms with van der Waals surface area (Å²) in [5.41, 5.74) is 1.14. The molecule has 0 bridgehead atoms. The zero-order chi connectivity index (χ0) is 40.8. The third-order valence-electron chi connectivity index (χ3n) is 11.3. The van der Waals surface area contributed by atoms with Gasteiger partial charge in [0.2, 0.25) is 29.5 Å². The number of fused-ring (bicyclic) bond motifs is 3. The molecule has 2 aromatic rings. The average Bonchev–Trinajstić information content (AvgIpc) is 3.86. The second-order valence-corrected chi connectivity index (χ2v) is 15.5. The van der Waals surface area contributed by atoms with Gasteiger partial charge >= 0.3 is 12.0 Å². The van der Waals surface area contributed by atoms with Crippen molar-refractivity contribution in [3.63, 3.8) is 0 Å². The summed E-state index contributed by atoms with van der Waals surface area (Å²) in [6, 6.07) is 8.60. The Morgan fingerprint density at radius 3 is 2.32 bits per heavy atom. The van der Waals surface area contributed by atoms with Crippen molar-refractivity contribution < 1.29 is 43.0 Å². The van der Waals surface area contributed by atoms with Crippen LogP contribution >= 0.6 is 0 Å². The van der Waals surface area contributed by atoms with Gasteiger partial charge in [-0.15, -0.1) is 0 Å². The summed E-state index contributed by atoms with van der Waals surface area (Å²) in [6.45, 7) is 5.70. The molecule has 4 heterocycles. The van der Waals surface area contributed by atoms with E-state index in [1.54, 1.807) is 55.5 Å². The second kappa shape index (κ2) is 18.1. The highest BCUT2D eigenvalue weighted by Gasteiger charge is 2.47. The minimum absolute atomic E-state index is 0.0474. The van der Waals surface area contributed by atoms with E-state index in [-0.39, 0.29) is 25.4 Å². The predicted octanol–water partition coefficient (Wildman–Crippen LogP) is 1.97. The van der Waals surface area contributed by atoms with Gasteiger partial charge in [0.15, 0.2) is 0 Å². The van der Waals surface area contributed by atoms with Gasteiger partial charge in [0.05, 0.1) is 7.11 Å². The van der Waals surface area contributed by atoms with E-state index in [1.807, 2.05) is 13.0 Å². The highest BCUT2D eigenvalue weighted by molar-refractivity contribution is 5.99. The molecular formula is C41H53N7O9. The molecule has 1 unspecified atom stereocenters. The third-order valence-corrected chi connectivity index (χ3v) is 11.3. The maximum absolute atomic E-state index is 14.7. The van der Waals surface area contributed by atoms with Gasteiger partial charge in [0.25, 0.3) is 0 Å². The number of piperidine rings is 1. The van der Waals surface area contributed by atoms with Gasteiger partial charge in [0.1, 0.15) is 48.1 Å². The first-order valence-corrected chi connectivity index (χ1v) is 19.8. The molecule has 16 heteroatoms. The van der Waals surface area contributed by atoms with Gasteiger partial charge in [-0.05, 0) is 76.0 Å². The Balaban J connectivity index is 1.32. The number of carbonyl (C=O) groups is 7. The number of urea groups is 1. The monoisotopic (exact) mass is 787 g/mol. The molecule has 8 atom stereocenters. The molecular weight excluding hydrogens is 734 g/mol. The highest BCUT2D eigenvalue weighted by atomic mass is 16.5. The Kier molecular flexibility index (Phi) is 13.0. The maximum Gasteiger partial charge on any atom is 0.329 e. The zero-order valence-corrected chi connectivity index (χ0v) is 32.9. The first-order chi connectivity index (χ1) is 27.3. The van der Waals surface area contributed by atoms with Crippen LogP contribution < -0.4 is 26.0 Å². The molecule has 2 aromatic carbocycles. The first-order valence-electron chi connectivity index (χ1n) is 19.8. The van der Waals surface area contributed by atoms with Crippen LogP contribution in [0.3, 0.4) is 0 Å². The lowest BCUT2D eigenvalue weighted by atomic mass is 9.99. The number of benzene rings is 2. The van der Waals surface area contributed by atoms with Gasteiger partial charge < -0.3 is 45.4 Å². The van der Waals surface area contributed by atoms with Crippen LogP contribution in [0, 0.1) is 5.92 Å². The van der Waals surface area contributed by atoms with E-state index in [0.717, 1.165) is 5.56 Å². The highest BCUT2D eigenvalue weighted by Crippen LogP contribution is 2.29. The number of esters is 1. The van der Waals surface area contributed by atoms with Gasteiger partial charge in [-0.1, -0.05) is 43.3 Å². The normalized spacial score (nSPS) is 27.7. The van der Waals surface area contributed by atoms with Crippen LogP contribution in [0.2, 0.25) is 0 Å². The summed E-state index contributed by atoms with van der Waals surface area (Å²) in [5.74, 6) is -3.02. The number of anilines is 1. The molecule has 0 radical (unpaired) electrons. The van der Waals surface area contributed by atoms with Crippen LogP contribution in [0.5, 0.6) is 5.75 Å². The van der Waals surface area contributed by atoms with Gasteiger partial charge in [-0.3, -0.25) is 24.0 Å². The van der Waals surface area contributed by atoms with Crippen LogP contribution in [0.25, 0.3) is 0 Å². The van der Waals surface area contributed by atoms with Crippen LogP contribution in [0.15, 0.2) is 54.6 Å². The number of cyclic esters (lactones) is 1. The second-order valence-electron chi connectivity index (χ2n) is 15.5. The van der Waals surface area contributed by atoms with Crippen molar-refractivity contribution in [2.24, 2.45) is 5.92 Å². The summed E-state index contributed by atoms with van der Waals surface area (Å²) >= 11 is 0. The summed E-state index contributed by atoms with van der Waals surface area (Å²) in [4.78, 5) is 102. The quantitative estimate of drug-likeness (QED) is 0.304. The minimum Gasteiger partial charge on any atom is -0.497 e. The predicted molar refractivity (Wildman–Crippen MR) is 208 cm³/mol. The molecule has 7 amide bonds. The average molecular weight is 788 g/mol. The summed E-state index contributed by atoms with van der Waals surface area (Å²) in [5, 5.41) is 11.0. The van der Waals surface area contributed by atoms with E-state index in [4.69, 9.17) is 9.47 Å². The Bertz CT molecular complexity index is 1840. The van der Waals surface area contributed by atoms with Crippen molar-refractivity contribution >= 4 is 47.2 Å². The number of carbonyl (C=O) groups excluding carboxylic acids is 7. The maximum atomic E-state index is 14.7. The number of nitrogens with one attached hydrogen (secondary N) is 4. The van der Waals surface area contributed by atoms with Crippen molar-refractivity contribution in [3.05, 3.63) is 60.2 Å². The molecule has 4 N–H and O–H groups in total. The number of amides is 7. The van der Waals surface area contributed by atoms with Crippen molar-refractivity contribution in [3.8, 4) is 5.75 Å². The molecule has 57 heavy (non-hydrogen) atoms. The largest absolute Gasteiger partial charge is 0.497 e. The molecule has 4 fully saturated rings. The van der Waals surface area contributed by atoms with E-state index >= 15 is 0 Å². The Hall–Kier alpha value is -5.67. The number of nitrogens with zero attached hydrogens (tertiary/aromatic N) is 3. The molecule has 4 aliphatic heterocycles. The van der Waals surface area contributed by atoms with Gasteiger partial charge in [-0.25, -0.2) is 9.59 Å². The van der Waals surface area contributed by atoms with Gasteiger partial charge in [-0.2, -0.15) is 0 Å². The van der Waals surface area contributed by atoms with E-state index in [2.05, 4.69) is 21.3 Å². The van der Waals surface area contributed by atoms with E-state index in [1.165, 1.54) is 28.7 Å². The molecule has 0 spiro atoms. The minimum atomic E-state index is -1.48. The third kappa shape index (κ3) is 9.48. The van der Waals surface area contributed by atoms with E-state index in [0.29, 0.717) is 56.5 Å². The Morgan fingerprint density at radius 2 is 1.56 bits per heavy atom. The Morgan fingerprint density at radius 1 is 0.842 bits per heavy atom. The molecule has 0 aliphatic carbocycles. The summed E-state index contributed by atoms with van der Waals surface area (Å²) in [6.07, 6.45) is 1.68. The number of methoxy groups -OCH3 is 1. The fraction of sp³-hybridized carbons (Fsp3) is 0.537. The van der Waals surface area contributed by atoms with Crippen LogP contribution in [-0.2, 0) is 39.9 Å². The molecule has 4 aliphatic rings. The van der Waals surface area contributed by atoms with Gasteiger partial charge in [0, 0.05) is 37.8 Å². The SMILES string of the molecule is COc1cccc(NC(=O)N[C@@H](Cc2ccccc2)C(=O)NC2C(=O)N3CCC[C@H]3C(=O)N3CCCC[C@H]3C(=O)N[C@@H](C)C(=O)N3C[C@H](C)C[C@H]3C(=O)O[C@H]2C)c1. The van der Waals surface area contributed by atoms with Crippen molar-refractivity contribution in [1.82, 2.24) is 30.7 Å². The lowest BCUT2D eigenvalue weighted by Gasteiger charge is -2.39. The molecule has 16 nitrogen and oxygen atoms in total. The lowest BCUT2D eigenvalue weighted by molar-refractivity contribution is -0.163. The number of hydrogen-bond donors (Lipinski definition) is 4. The number of ether oxygens (including phenoxy) is 2. The van der Waals surface area contributed by atoms with Crippen molar-refractivity contribution in [1.29, 1.82) is 0 Å². The molecule has 6 rings (SSSR count). The lowest BCUT2D eigenvalue weighted by Crippen LogP contribution is -2.63. The fourth-order valence-corrected chi connectivity index (χ4v) is 8.31. The van der Waals surface area contributed by atoms with E-state index in [9.17, 15) is 33.6 Å². The number of rotatable bonds is 7. The molecule has 306 valence electrons. The van der Waals surface area contributed by atoms with Crippen LogP contribution in [-0.4, -0.2) is 125 Å². The Labute approximate surface area is 332 Å². The molecule has 0 saturated carbocycles. The topological polar surface area (TPSA) is 196 Å². The smallest absolute Gasteiger partial charge is 0.329 e. The van der Waals surface area contributed by atoms with E-state index < -0.39 is 83.9 Å². The summed E-state index contributed by atoms with van der Waals surface area (Å²) < 4.78 is 11.2. The zero-order valence-electron chi connectivity index (χ0n) is 32.9. The van der Waals surface area contributed by atoms with Crippen LogP contribution in [0.1, 0.15) is 64.9 Å². The fourth-order valence-electron chi connectivity index (χ4n) is 8.31. The standard InChI is InChI=1S/C41H53N7O9/c1-24-20-33-40(54)57-26(3)34(45-35(49)30(21-27-12-6-5-7-13-27)44-41(55)43-28-14-10-15-29(22-28)56-4)39(53)47-19-11-17-32(47)38(52)46-18-9-8-16-31(46)36(50)42-25(2)37(51)48(33)23-24/h5-7,10,12-15,22,24-26,30-34H,8-9,11,16-21,23H2,1-4H3,(H,42,50)(H,45,49)(H2,43,44,55)/t24-,25+,26+,30+,31+,32+,33+,34?/m1/s1.